The maximum absolute atomic E-state index is 13.3. The van der Waals surface area contributed by atoms with Crippen LogP contribution in [0.25, 0.3) is 0 Å². The fourth-order valence-electron chi connectivity index (χ4n) is 4.82. The molecule has 6 heteroatoms. The van der Waals surface area contributed by atoms with Crippen LogP contribution in [0.3, 0.4) is 0 Å². The van der Waals surface area contributed by atoms with Gasteiger partial charge in [-0.05, 0) is 88.6 Å². The predicted molar refractivity (Wildman–Crippen MR) is 149 cm³/mol. The molecule has 1 fully saturated rings. The third-order valence-corrected chi connectivity index (χ3v) is 6.38. The average Bonchev–Trinajstić information content (AvgIpc) is 2.83. The van der Waals surface area contributed by atoms with Crippen molar-refractivity contribution >= 4 is 17.6 Å². The second-order valence-corrected chi connectivity index (χ2v) is 11.3. The van der Waals surface area contributed by atoms with E-state index < -0.39 is 11.6 Å². The molecule has 0 saturated carbocycles. The summed E-state index contributed by atoms with van der Waals surface area (Å²) in [5.41, 5.74) is 2.97. The fourth-order valence-corrected chi connectivity index (χ4v) is 4.82. The van der Waals surface area contributed by atoms with Gasteiger partial charge in [0.15, 0.2) is 0 Å². The number of para-hydroxylation sites is 1. The van der Waals surface area contributed by atoms with Gasteiger partial charge in [0, 0.05) is 18.8 Å². The topological polar surface area (TPSA) is 67.9 Å². The predicted octanol–water partition coefficient (Wildman–Crippen LogP) is 6.48. The summed E-state index contributed by atoms with van der Waals surface area (Å²) < 4.78 is 11.3. The standard InChI is InChI=1S/C31H44N2O4/c1-7-36-28-20-23(15-16-25(28)30(35)37-31(4,5)6)21-29(34)32-26(19-22(2)3)24-13-9-10-14-27(24)33-17-11-8-12-18-33/h9-10,13-16,20,22,26H,7-8,11-12,17-19,21H2,1-6H3,(H,32,34)/t26-/m0/s1. The van der Waals surface area contributed by atoms with E-state index in [4.69, 9.17) is 9.47 Å². The number of amides is 1. The number of esters is 1. The van der Waals surface area contributed by atoms with Crippen molar-refractivity contribution in [1.29, 1.82) is 0 Å². The number of nitrogens with one attached hydrogen (secondary N) is 1. The molecule has 0 spiro atoms. The van der Waals surface area contributed by atoms with Crippen LogP contribution in [0.2, 0.25) is 0 Å². The Kier molecular flexibility index (Phi) is 10.0. The van der Waals surface area contributed by atoms with Gasteiger partial charge in [0.25, 0.3) is 0 Å². The van der Waals surface area contributed by atoms with Crippen molar-refractivity contribution in [3.63, 3.8) is 0 Å². The monoisotopic (exact) mass is 508 g/mol. The first-order valence-electron chi connectivity index (χ1n) is 13.7. The molecule has 0 bridgehead atoms. The number of anilines is 1. The number of piperidine rings is 1. The lowest BCUT2D eigenvalue weighted by Crippen LogP contribution is -2.34. The van der Waals surface area contributed by atoms with E-state index in [1.54, 1.807) is 18.2 Å². The lowest BCUT2D eigenvalue weighted by molar-refractivity contribution is -0.121. The summed E-state index contributed by atoms with van der Waals surface area (Å²) in [5.74, 6) is 0.387. The van der Waals surface area contributed by atoms with Crippen LogP contribution in [0.15, 0.2) is 42.5 Å². The van der Waals surface area contributed by atoms with Crippen LogP contribution in [0, 0.1) is 5.92 Å². The zero-order valence-corrected chi connectivity index (χ0v) is 23.4. The molecule has 0 aromatic heterocycles. The Morgan fingerprint density at radius 1 is 1.03 bits per heavy atom. The lowest BCUT2D eigenvalue weighted by atomic mass is 9.94. The SMILES string of the molecule is CCOc1cc(CC(=O)N[C@@H](CC(C)C)c2ccccc2N2CCCCC2)ccc1C(=O)OC(C)(C)C. The van der Waals surface area contributed by atoms with Crippen LogP contribution in [-0.2, 0) is 16.0 Å². The van der Waals surface area contributed by atoms with Crippen LogP contribution in [0.4, 0.5) is 5.69 Å². The Morgan fingerprint density at radius 2 is 1.73 bits per heavy atom. The molecule has 1 saturated heterocycles. The number of nitrogens with zero attached hydrogens (tertiary/aromatic N) is 1. The normalized spacial score (nSPS) is 14.8. The fraction of sp³-hybridized carbons (Fsp3) is 0.548. The summed E-state index contributed by atoms with van der Waals surface area (Å²) in [7, 11) is 0. The van der Waals surface area contributed by atoms with Gasteiger partial charge in [-0.3, -0.25) is 4.79 Å². The molecule has 1 heterocycles. The summed E-state index contributed by atoms with van der Waals surface area (Å²) in [6, 6.07) is 13.7. The van der Waals surface area contributed by atoms with E-state index in [1.807, 2.05) is 27.7 Å². The highest BCUT2D eigenvalue weighted by atomic mass is 16.6. The van der Waals surface area contributed by atoms with Crippen LogP contribution in [0.1, 0.15) is 94.8 Å². The van der Waals surface area contributed by atoms with E-state index in [9.17, 15) is 9.59 Å². The largest absolute Gasteiger partial charge is 0.493 e. The Balaban J connectivity index is 1.79. The van der Waals surface area contributed by atoms with Gasteiger partial charge in [-0.2, -0.15) is 0 Å². The summed E-state index contributed by atoms with van der Waals surface area (Å²) >= 11 is 0. The number of ether oxygens (including phenoxy) is 2. The molecular formula is C31H44N2O4. The zero-order chi connectivity index (χ0) is 27.0. The van der Waals surface area contributed by atoms with Crippen molar-refractivity contribution in [2.45, 2.75) is 85.3 Å². The van der Waals surface area contributed by atoms with Gasteiger partial charge in [0.05, 0.1) is 19.1 Å². The van der Waals surface area contributed by atoms with Gasteiger partial charge in [0.2, 0.25) is 5.91 Å². The molecule has 6 nitrogen and oxygen atoms in total. The summed E-state index contributed by atoms with van der Waals surface area (Å²) in [5, 5.41) is 3.31. The van der Waals surface area contributed by atoms with Gasteiger partial charge in [-0.1, -0.05) is 38.1 Å². The van der Waals surface area contributed by atoms with Crippen molar-refractivity contribution in [3.8, 4) is 5.75 Å². The van der Waals surface area contributed by atoms with Crippen LogP contribution in [-0.4, -0.2) is 37.2 Å². The molecule has 1 aliphatic heterocycles. The number of hydrogen-bond acceptors (Lipinski definition) is 5. The Labute approximate surface area is 222 Å². The van der Waals surface area contributed by atoms with Crippen LogP contribution < -0.4 is 15.0 Å². The van der Waals surface area contributed by atoms with Crippen molar-refractivity contribution in [1.82, 2.24) is 5.32 Å². The summed E-state index contributed by atoms with van der Waals surface area (Å²) in [6.45, 7) is 14.3. The first-order valence-corrected chi connectivity index (χ1v) is 13.7. The third kappa shape index (κ3) is 8.51. The maximum Gasteiger partial charge on any atom is 0.342 e. The quantitative estimate of drug-likeness (QED) is 0.372. The first kappa shape index (κ1) is 28.5. The molecule has 2 aromatic rings. The Morgan fingerprint density at radius 3 is 2.38 bits per heavy atom. The van der Waals surface area contributed by atoms with E-state index in [0.717, 1.165) is 25.1 Å². The van der Waals surface area contributed by atoms with Crippen molar-refractivity contribution in [2.24, 2.45) is 5.92 Å². The van der Waals surface area contributed by atoms with Crippen molar-refractivity contribution < 1.29 is 19.1 Å². The number of carbonyl (C=O) groups excluding carboxylic acids is 2. The van der Waals surface area contributed by atoms with Crippen LogP contribution in [0.5, 0.6) is 5.75 Å². The minimum Gasteiger partial charge on any atom is -0.493 e. The zero-order valence-electron chi connectivity index (χ0n) is 23.4. The van der Waals surface area contributed by atoms with E-state index >= 15 is 0 Å². The molecule has 1 aliphatic rings. The second-order valence-electron chi connectivity index (χ2n) is 11.3. The first-order chi connectivity index (χ1) is 17.6. The Bertz CT molecular complexity index is 1050. The lowest BCUT2D eigenvalue weighted by Gasteiger charge is -2.33. The molecule has 1 amide bonds. The number of carbonyl (C=O) groups is 2. The molecule has 1 atom stereocenters. The molecule has 0 radical (unpaired) electrons. The number of rotatable bonds is 10. The van der Waals surface area contributed by atoms with Gasteiger partial charge >= 0.3 is 5.97 Å². The van der Waals surface area contributed by atoms with Gasteiger partial charge < -0.3 is 19.7 Å². The number of hydrogen-bond donors (Lipinski definition) is 1. The highest BCUT2D eigenvalue weighted by molar-refractivity contribution is 5.93. The van der Waals surface area contributed by atoms with Gasteiger partial charge in [-0.25, -0.2) is 4.79 Å². The highest BCUT2D eigenvalue weighted by Crippen LogP contribution is 2.32. The second kappa shape index (κ2) is 13.0. The molecule has 1 N–H and O–H groups in total. The maximum atomic E-state index is 13.3. The summed E-state index contributed by atoms with van der Waals surface area (Å²) in [6.07, 6.45) is 4.75. The van der Waals surface area contributed by atoms with Gasteiger partial charge in [0.1, 0.15) is 16.9 Å². The molecule has 0 unspecified atom stereocenters. The third-order valence-electron chi connectivity index (χ3n) is 6.38. The average molecular weight is 509 g/mol. The molecule has 202 valence electrons. The minimum absolute atomic E-state index is 0.0495. The molecule has 3 rings (SSSR count). The Hall–Kier alpha value is -3.02. The number of benzene rings is 2. The van der Waals surface area contributed by atoms with Crippen LogP contribution >= 0.6 is 0 Å². The smallest absolute Gasteiger partial charge is 0.342 e. The highest BCUT2D eigenvalue weighted by Gasteiger charge is 2.24. The van der Waals surface area contributed by atoms with E-state index in [2.05, 4.69) is 48.3 Å². The van der Waals surface area contributed by atoms with Gasteiger partial charge in [-0.15, -0.1) is 0 Å². The summed E-state index contributed by atoms with van der Waals surface area (Å²) in [4.78, 5) is 28.4. The van der Waals surface area contributed by atoms with E-state index in [1.165, 1.54) is 30.5 Å². The van der Waals surface area contributed by atoms with E-state index in [-0.39, 0.29) is 18.4 Å². The molecule has 0 aliphatic carbocycles. The molecule has 37 heavy (non-hydrogen) atoms. The molecule has 2 aromatic carbocycles. The van der Waals surface area contributed by atoms with E-state index in [0.29, 0.717) is 23.8 Å². The van der Waals surface area contributed by atoms with Crippen molar-refractivity contribution in [2.75, 3.05) is 24.6 Å². The molecular weight excluding hydrogens is 464 g/mol. The minimum atomic E-state index is -0.602. The van der Waals surface area contributed by atoms with Crippen molar-refractivity contribution in [3.05, 3.63) is 59.2 Å².